The molecule has 0 atom stereocenters. The van der Waals surface area contributed by atoms with Gasteiger partial charge in [-0.1, -0.05) is 41.9 Å². The molecule has 3 aromatic carbocycles. The number of aromatic nitrogens is 2. The Morgan fingerprint density at radius 2 is 1.56 bits per heavy atom. The summed E-state index contributed by atoms with van der Waals surface area (Å²) in [5.74, 6) is -0.0329. The van der Waals surface area contributed by atoms with Gasteiger partial charge in [0.1, 0.15) is 5.82 Å². The maximum absolute atomic E-state index is 13.0. The van der Waals surface area contributed by atoms with Crippen LogP contribution in [0.5, 0.6) is 0 Å². The van der Waals surface area contributed by atoms with Gasteiger partial charge in [0.2, 0.25) is 0 Å². The summed E-state index contributed by atoms with van der Waals surface area (Å²) in [6, 6.07) is 23.1. The fraction of sp³-hybridized carbons (Fsp3) is 0.0800. The second-order valence-electron chi connectivity index (χ2n) is 7.37. The van der Waals surface area contributed by atoms with Crippen molar-refractivity contribution in [1.82, 2.24) is 9.78 Å². The van der Waals surface area contributed by atoms with E-state index < -0.39 is 0 Å². The molecule has 0 bridgehead atoms. The Morgan fingerprint density at radius 1 is 0.812 bits per heavy atom. The lowest BCUT2D eigenvalue weighted by Gasteiger charge is -2.12. The summed E-state index contributed by atoms with van der Waals surface area (Å²) in [4.78, 5) is 25.5. The number of amides is 2. The Labute approximate surface area is 190 Å². The van der Waals surface area contributed by atoms with Crippen molar-refractivity contribution in [2.45, 2.75) is 13.8 Å². The first-order chi connectivity index (χ1) is 15.4. The van der Waals surface area contributed by atoms with Crippen molar-refractivity contribution in [1.29, 1.82) is 0 Å². The van der Waals surface area contributed by atoms with Gasteiger partial charge in [0, 0.05) is 27.9 Å². The van der Waals surface area contributed by atoms with E-state index in [4.69, 9.17) is 11.6 Å². The highest BCUT2D eigenvalue weighted by Gasteiger charge is 2.15. The maximum Gasteiger partial charge on any atom is 0.256 e. The van der Waals surface area contributed by atoms with Crippen LogP contribution in [0.2, 0.25) is 5.02 Å². The third-order valence-electron chi connectivity index (χ3n) is 4.91. The number of hydrogen-bond acceptors (Lipinski definition) is 3. The van der Waals surface area contributed by atoms with Crippen LogP contribution in [0, 0.1) is 13.8 Å². The molecule has 4 rings (SSSR count). The number of carbonyl (C=O) groups excluding carboxylic acids is 2. The zero-order valence-electron chi connectivity index (χ0n) is 17.6. The first kappa shape index (κ1) is 21.3. The molecule has 0 radical (unpaired) electrons. The largest absolute Gasteiger partial charge is 0.322 e. The number of rotatable bonds is 5. The van der Waals surface area contributed by atoms with Crippen LogP contribution in [0.15, 0.2) is 78.9 Å². The van der Waals surface area contributed by atoms with E-state index in [1.54, 1.807) is 65.3 Å². The van der Waals surface area contributed by atoms with Gasteiger partial charge in [-0.2, -0.15) is 5.10 Å². The SMILES string of the molecule is Cc1cc(NC(=O)c2ccc(C)c(NC(=O)c3ccccc3)c2)n(-c2cccc(Cl)c2)n1. The fourth-order valence-electron chi connectivity index (χ4n) is 3.26. The number of nitrogens with zero attached hydrogens (tertiary/aromatic N) is 2. The van der Waals surface area contributed by atoms with Gasteiger partial charge in [0.05, 0.1) is 11.4 Å². The van der Waals surface area contributed by atoms with Crippen LogP contribution in [0.25, 0.3) is 5.69 Å². The predicted molar refractivity (Wildman–Crippen MR) is 127 cm³/mol. The summed E-state index contributed by atoms with van der Waals surface area (Å²) >= 11 is 6.11. The third kappa shape index (κ3) is 4.71. The van der Waals surface area contributed by atoms with Gasteiger partial charge in [-0.25, -0.2) is 4.68 Å². The highest BCUT2D eigenvalue weighted by atomic mass is 35.5. The quantitative estimate of drug-likeness (QED) is 0.417. The van der Waals surface area contributed by atoms with Gasteiger partial charge in [-0.05, 0) is 61.9 Å². The van der Waals surface area contributed by atoms with Crippen LogP contribution in [-0.2, 0) is 0 Å². The van der Waals surface area contributed by atoms with Crippen molar-refractivity contribution in [3.05, 3.63) is 106 Å². The molecule has 0 spiro atoms. The molecule has 0 saturated heterocycles. The van der Waals surface area contributed by atoms with Gasteiger partial charge in [-0.3, -0.25) is 9.59 Å². The summed E-state index contributed by atoms with van der Waals surface area (Å²) in [6.07, 6.45) is 0. The molecule has 32 heavy (non-hydrogen) atoms. The second-order valence-corrected chi connectivity index (χ2v) is 7.80. The molecule has 160 valence electrons. The number of carbonyl (C=O) groups is 2. The smallest absolute Gasteiger partial charge is 0.256 e. The van der Waals surface area contributed by atoms with Gasteiger partial charge >= 0.3 is 0 Å². The summed E-state index contributed by atoms with van der Waals surface area (Å²) in [5, 5.41) is 10.8. The van der Waals surface area contributed by atoms with Crippen LogP contribution in [-0.4, -0.2) is 21.6 Å². The highest BCUT2D eigenvalue weighted by Crippen LogP contribution is 2.22. The standard InChI is InChI=1S/C25H21ClN4O2/c1-16-11-12-19(14-22(16)27-24(31)18-7-4-3-5-8-18)25(32)28-23-13-17(2)29-30(23)21-10-6-9-20(26)15-21/h3-15H,1-2H3,(H,27,31)(H,28,32). The first-order valence-corrected chi connectivity index (χ1v) is 10.4. The first-order valence-electron chi connectivity index (χ1n) is 10.0. The molecule has 1 aromatic heterocycles. The summed E-state index contributed by atoms with van der Waals surface area (Å²) in [5.41, 5.74) is 3.87. The summed E-state index contributed by atoms with van der Waals surface area (Å²) < 4.78 is 1.63. The normalized spacial score (nSPS) is 10.6. The van der Waals surface area contributed by atoms with E-state index in [2.05, 4.69) is 15.7 Å². The number of anilines is 2. The van der Waals surface area contributed by atoms with E-state index >= 15 is 0 Å². The Hall–Kier alpha value is -3.90. The predicted octanol–water partition coefficient (Wildman–Crippen LogP) is 5.65. The molecule has 0 fully saturated rings. The average Bonchev–Trinajstić information content (AvgIpc) is 3.15. The number of aryl methyl sites for hydroxylation is 2. The van der Waals surface area contributed by atoms with Crippen LogP contribution >= 0.6 is 11.6 Å². The molecule has 1 heterocycles. The van der Waals surface area contributed by atoms with E-state index in [0.717, 1.165) is 16.9 Å². The van der Waals surface area contributed by atoms with Crippen molar-refractivity contribution in [3.63, 3.8) is 0 Å². The Bertz CT molecular complexity index is 1300. The van der Waals surface area contributed by atoms with Crippen molar-refractivity contribution in [3.8, 4) is 5.69 Å². The maximum atomic E-state index is 13.0. The molecule has 0 aliphatic rings. The fourth-order valence-corrected chi connectivity index (χ4v) is 3.45. The number of hydrogen-bond donors (Lipinski definition) is 2. The summed E-state index contributed by atoms with van der Waals surface area (Å²) in [6.45, 7) is 3.72. The lowest BCUT2D eigenvalue weighted by molar-refractivity contribution is 0.101. The lowest BCUT2D eigenvalue weighted by atomic mass is 10.1. The van der Waals surface area contributed by atoms with E-state index in [0.29, 0.717) is 27.7 Å². The van der Waals surface area contributed by atoms with Gasteiger partial charge in [-0.15, -0.1) is 0 Å². The van der Waals surface area contributed by atoms with Crippen molar-refractivity contribution in [2.24, 2.45) is 0 Å². The van der Waals surface area contributed by atoms with Crippen LogP contribution in [0.4, 0.5) is 11.5 Å². The zero-order chi connectivity index (χ0) is 22.7. The zero-order valence-corrected chi connectivity index (χ0v) is 18.4. The topological polar surface area (TPSA) is 76.0 Å². The monoisotopic (exact) mass is 444 g/mol. The van der Waals surface area contributed by atoms with Crippen molar-refractivity contribution in [2.75, 3.05) is 10.6 Å². The number of benzene rings is 3. The van der Waals surface area contributed by atoms with Gasteiger partial charge < -0.3 is 10.6 Å². The molecule has 0 saturated carbocycles. The molecular formula is C25H21ClN4O2. The van der Waals surface area contributed by atoms with E-state index in [1.165, 1.54) is 0 Å². The highest BCUT2D eigenvalue weighted by molar-refractivity contribution is 6.30. The number of halogens is 1. The molecule has 0 unspecified atom stereocenters. The second kappa shape index (κ2) is 9.08. The van der Waals surface area contributed by atoms with Crippen LogP contribution in [0.1, 0.15) is 32.0 Å². The Kier molecular flexibility index (Phi) is 6.05. The van der Waals surface area contributed by atoms with Crippen LogP contribution in [0.3, 0.4) is 0 Å². The van der Waals surface area contributed by atoms with Crippen molar-refractivity contribution < 1.29 is 9.59 Å². The average molecular weight is 445 g/mol. The minimum Gasteiger partial charge on any atom is -0.322 e. The molecule has 4 aromatic rings. The minimum absolute atomic E-state index is 0.235. The Morgan fingerprint density at radius 3 is 2.31 bits per heavy atom. The summed E-state index contributed by atoms with van der Waals surface area (Å²) in [7, 11) is 0. The van der Waals surface area contributed by atoms with Gasteiger partial charge in [0.25, 0.3) is 11.8 Å². The van der Waals surface area contributed by atoms with Gasteiger partial charge in [0.15, 0.2) is 0 Å². The molecular weight excluding hydrogens is 424 g/mol. The van der Waals surface area contributed by atoms with E-state index in [-0.39, 0.29) is 11.8 Å². The molecule has 2 amide bonds. The van der Waals surface area contributed by atoms with E-state index in [1.807, 2.05) is 32.0 Å². The third-order valence-corrected chi connectivity index (χ3v) is 5.14. The molecule has 0 aliphatic carbocycles. The molecule has 7 heteroatoms. The molecule has 6 nitrogen and oxygen atoms in total. The molecule has 0 aliphatic heterocycles. The molecule has 2 N–H and O–H groups in total. The van der Waals surface area contributed by atoms with Crippen LogP contribution < -0.4 is 10.6 Å². The Balaban J connectivity index is 1.57. The van der Waals surface area contributed by atoms with E-state index in [9.17, 15) is 9.59 Å². The number of nitrogens with one attached hydrogen (secondary N) is 2. The minimum atomic E-state index is -0.316. The van der Waals surface area contributed by atoms with Crippen molar-refractivity contribution >= 4 is 34.9 Å². The lowest BCUT2D eigenvalue weighted by Crippen LogP contribution is -2.17.